The molecule has 1 aromatic carbocycles. The van der Waals surface area contributed by atoms with Gasteiger partial charge in [-0.15, -0.1) is 0 Å². The van der Waals surface area contributed by atoms with Crippen LogP contribution in [-0.4, -0.2) is 63.7 Å². The van der Waals surface area contributed by atoms with E-state index >= 15 is 0 Å². The first kappa shape index (κ1) is 17.5. The highest BCUT2D eigenvalue weighted by Crippen LogP contribution is 2.28. The van der Waals surface area contributed by atoms with Gasteiger partial charge in [-0.25, -0.2) is 0 Å². The molecule has 2 saturated heterocycles. The van der Waals surface area contributed by atoms with Crippen LogP contribution in [0.2, 0.25) is 0 Å². The standard InChI is InChI=1S/C18H28BrN5/c1-20-18(21-11-14-7-9-23(2)12-14)22-15-8-10-24(13-15)17-6-4-3-5-16(17)19/h3-6,14-15H,7-13H2,1-2H3,(H2,20,21,22). The molecule has 3 rings (SSSR count). The number of halogens is 1. The molecule has 0 aromatic heterocycles. The van der Waals surface area contributed by atoms with E-state index in [0.29, 0.717) is 6.04 Å². The van der Waals surface area contributed by atoms with Gasteiger partial charge in [0.25, 0.3) is 0 Å². The van der Waals surface area contributed by atoms with Gasteiger partial charge in [0, 0.05) is 43.7 Å². The second kappa shape index (κ2) is 8.21. The van der Waals surface area contributed by atoms with Gasteiger partial charge in [0.05, 0.1) is 5.69 Å². The van der Waals surface area contributed by atoms with Crippen molar-refractivity contribution in [1.29, 1.82) is 0 Å². The van der Waals surface area contributed by atoms with E-state index in [-0.39, 0.29) is 0 Å². The minimum Gasteiger partial charge on any atom is -0.368 e. The Balaban J connectivity index is 1.48. The first-order chi connectivity index (χ1) is 11.7. The summed E-state index contributed by atoms with van der Waals surface area (Å²) in [5.41, 5.74) is 1.28. The van der Waals surface area contributed by atoms with Crippen LogP contribution in [0.5, 0.6) is 0 Å². The van der Waals surface area contributed by atoms with Gasteiger partial charge < -0.3 is 20.4 Å². The van der Waals surface area contributed by atoms with Crippen LogP contribution in [0.15, 0.2) is 33.7 Å². The largest absolute Gasteiger partial charge is 0.368 e. The van der Waals surface area contributed by atoms with E-state index in [9.17, 15) is 0 Å². The van der Waals surface area contributed by atoms with Crippen molar-refractivity contribution >= 4 is 27.6 Å². The smallest absolute Gasteiger partial charge is 0.191 e. The number of hydrogen-bond acceptors (Lipinski definition) is 3. The first-order valence-electron chi connectivity index (χ1n) is 8.81. The zero-order chi connectivity index (χ0) is 16.9. The number of anilines is 1. The van der Waals surface area contributed by atoms with Crippen LogP contribution in [0.1, 0.15) is 12.8 Å². The Labute approximate surface area is 153 Å². The molecule has 0 bridgehead atoms. The fourth-order valence-electron chi connectivity index (χ4n) is 3.63. The maximum absolute atomic E-state index is 4.40. The number of nitrogens with one attached hydrogen (secondary N) is 2. The molecule has 24 heavy (non-hydrogen) atoms. The summed E-state index contributed by atoms with van der Waals surface area (Å²) in [5.74, 6) is 1.66. The van der Waals surface area contributed by atoms with Gasteiger partial charge >= 0.3 is 0 Å². The zero-order valence-electron chi connectivity index (χ0n) is 14.6. The third-order valence-corrected chi connectivity index (χ3v) is 5.66. The number of rotatable bonds is 4. The highest BCUT2D eigenvalue weighted by Gasteiger charge is 2.25. The molecule has 2 aliphatic heterocycles. The molecule has 0 amide bonds. The summed E-state index contributed by atoms with van der Waals surface area (Å²) in [5, 5.41) is 7.10. The Morgan fingerprint density at radius 2 is 2.08 bits per heavy atom. The Morgan fingerprint density at radius 3 is 2.79 bits per heavy atom. The minimum absolute atomic E-state index is 0.439. The van der Waals surface area contributed by atoms with Gasteiger partial charge in [-0.3, -0.25) is 4.99 Å². The average molecular weight is 394 g/mol. The summed E-state index contributed by atoms with van der Waals surface area (Å²) in [6, 6.07) is 8.88. The van der Waals surface area contributed by atoms with Gasteiger partial charge in [0.2, 0.25) is 0 Å². The van der Waals surface area contributed by atoms with Crippen molar-refractivity contribution in [2.45, 2.75) is 18.9 Å². The van der Waals surface area contributed by atoms with Crippen LogP contribution in [0.25, 0.3) is 0 Å². The SMILES string of the molecule is CN=C(NCC1CCN(C)C1)NC1CCN(c2ccccc2Br)C1. The van der Waals surface area contributed by atoms with E-state index in [1.165, 1.54) is 29.7 Å². The van der Waals surface area contributed by atoms with E-state index < -0.39 is 0 Å². The Morgan fingerprint density at radius 1 is 1.25 bits per heavy atom. The molecule has 2 fully saturated rings. The average Bonchev–Trinajstić information content (AvgIpc) is 3.21. The van der Waals surface area contributed by atoms with Gasteiger partial charge in [-0.05, 0) is 60.4 Å². The molecule has 2 aliphatic rings. The van der Waals surface area contributed by atoms with Crippen molar-refractivity contribution in [2.75, 3.05) is 51.7 Å². The van der Waals surface area contributed by atoms with Crippen molar-refractivity contribution in [3.05, 3.63) is 28.7 Å². The number of benzene rings is 1. The predicted molar refractivity (Wildman–Crippen MR) is 105 cm³/mol. The predicted octanol–water partition coefficient (Wildman–Crippen LogP) is 2.14. The summed E-state index contributed by atoms with van der Waals surface area (Å²) < 4.78 is 1.17. The molecule has 1 aromatic rings. The van der Waals surface area contributed by atoms with E-state index in [1.54, 1.807) is 0 Å². The lowest BCUT2D eigenvalue weighted by Gasteiger charge is -2.22. The third-order valence-electron chi connectivity index (χ3n) is 4.99. The number of guanidine groups is 1. The van der Waals surface area contributed by atoms with Crippen LogP contribution in [0.3, 0.4) is 0 Å². The Hall–Kier alpha value is -1.27. The number of likely N-dealkylation sites (tertiary alicyclic amines) is 1. The number of hydrogen-bond donors (Lipinski definition) is 2. The normalized spacial score (nSPS) is 25.3. The summed E-state index contributed by atoms with van der Waals surface area (Å²) in [4.78, 5) is 9.23. The Kier molecular flexibility index (Phi) is 6.00. The topological polar surface area (TPSA) is 42.9 Å². The number of para-hydroxylation sites is 1. The summed E-state index contributed by atoms with van der Waals surface area (Å²) in [6.07, 6.45) is 2.41. The van der Waals surface area contributed by atoms with Crippen molar-refractivity contribution < 1.29 is 0 Å². The highest BCUT2D eigenvalue weighted by atomic mass is 79.9. The molecule has 2 heterocycles. The molecular formula is C18H28BrN5. The lowest BCUT2D eigenvalue weighted by atomic mass is 10.1. The van der Waals surface area contributed by atoms with Crippen LogP contribution < -0.4 is 15.5 Å². The fourth-order valence-corrected chi connectivity index (χ4v) is 4.16. The molecule has 5 nitrogen and oxygen atoms in total. The molecular weight excluding hydrogens is 366 g/mol. The van der Waals surface area contributed by atoms with E-state index in [4.69, 9.17) is 0 Å². The van der Waals surface area contributed by atoms with Gasteiger partial charge in [0.15, 0.2) is 5.96 Å². The van der Waals surface area contributed by atoms with Crippen molar-refractivity contribution in [2.24, 2.45) is 10.9 Å². The molecule has 132 valence electrons. The minimum atomic E-state index is 0.439. The van der Waals surface area contributed by atoms with Crippen molar-refractivity contribution in [3.63, 3.8) is 0 Å². The maximum atomic E-state index is 4.40. The molecule has 0 radical (unpaired) electrons. The molecule has 6 heteroatoms. The highest BCUT2D eigenvalue weighted by molar-refractivity contribution is 9.10. The molecule has 2 unspecified atom stereocenters. The molecule has 2 atom stereocenters. The fraction of sp³-hybridized carbons (Fsp3) is 0.611. The van der Waals surface area contributed by atoms with E-state index in [0.717, 1.165) is 37.9 Å². The summed E-state index contributed by atoms with van der Waals surface area (Å²) in [6.45, 7) is 5.48. The molecule has 2 N–H and O–H groups in total. The van der Waals surface area contributed by atoms with E-state index in [1.807, 2.05) is 7.05 Å². The quantitative estimate of drug-likeness (QED) is 0.607. The van der Waals surface area contributed by atoms with Gasteiger partial charge in [-0.2, -0.15) is 0 Å². The lowest BCUT2D eigenvalue weighted by Crippen LogP contribution is -2.46. The summed E-state index contributed by atoms with van der Waals surface area (Å²) in [7, 11) is 4.05. The molecule has 0 saturated carbocycles. The monoisotopic (exact) mass is 393 g/mol. The van der Waals surface area contributed by atoms with Crippen LogP contribution in [0, 0.1) is 5.92 Å². The second-order valence-electron chi connectivity index (χ2n) is 6.90. The number of aliphatic imine (C=N–C) groups is 1. The summed E-state index contributed by atoms with van der Waals surface area (Å²) >= 11 is 3.66. The second-order valence-corrected chi connectivity index (χ2v) is 7.75. The number of nitrogens with zero attached hydrogens (tertiary/aromatic N) is 3. The maximum Gasteiger partial charge on any atom is 0.191 e. The lowest BCUT2D eigenvalue weighted by molar-refractivity contribution is 0.393. The van der Waals surface area contributed by atoms with Gasteiger partial charge in [-0.1, -0.05) is 12.1 Å². The Bertz CT molecular complexity index is 576. The van der Waals surface area contributed by atoms with Crippen LogP contribution >= 0.6 is 15.9 Å². The van der Waals surface area contributed by atoms with Crippen molar-refractivity contribution in [3.8, 4) is 0 Å². The molecule has 0 spiro atoms. The van der Waals surface area contributed by atoms with Crippen molar-refractivity contribution in [1.82, 2.24) is 15.5 Å². The zero-order valence-corrected chi connectivity index (χ0v) is 16.2. The van der Waals surface area contributed by atoms with Crippen LogP contribution in [-0.2, 0) is 0 Å². The third kappa shape index (κ3) is 4.42. The first-order valence-corrected chi connectivity index (χ1v) is 9.60. The van der Waals surface area contributed by atoms with E-state index in [2.05, 4.69) is 72.7 Å². The van der Waals surface area contributed by atoms with Gasteiger partial charge in [0.1, 0.15) is 0 Å². The molecule has 0 aliphatic carbocycles. The van der Waals surface area contributed by atoms with Crippen LogP contribution in [0.4, 0.5) is 5.69 Å².